The van der Waals surface area contributed by atoms with Crippen LogP contribution in [-0.4, -0.2) is 37.6 Å². The molecule has 0 amide bonds. The zero-order valence-electron chi connectivity index (χ0n) is 22.8. The fraction of sp³-hybridized carbons (Fsp3) is 0.188. The van der Waals surface area contributed by atoms with Crippen LogP contribution in [0, 0.1) is 5.82 Å². The molecule has 0 saturated heterocycles. The second kappa shape index (κ2) is 13.2. The van der Waals surface area contributed by atoms with Gasteiger partial charge in [0, 0.05) is 32.4 Å². The standard InChI is InChI=1S/C32H26BrClFNO5S/c1-39-22-7-4-19(5-8-22)18-42-23-15-20-14-21(35)6-9-24(20)28(16-23)41-13-3-12-36-27-11-10-26(34)30(33)29(27)25(17-37)31(36)32(38)40-2/h4-11,14-17H,3,12-13,18H2,1-2H3. The average molecular weight is 671 g/mol. The molecule has 6 nitrogen and oxygen atoms in total. The van der Waals surface area contributed by atoms with Gasteiger partial charge in [0.1, 0.15) is 23.0 Å². The monoisotopic (exact) mass is 669 g/mol. The van der Waals surface area contributed by atoms with Crippen LogP contribution in [-0.2, 0) is 17.0 Å². The van der Waals surface area contributed by atoms with Crippen molar-refractivity contribution in [2.75, 3.05) is 20.8 Å². The molecule has 0 aliphatic rings. The Labute approximate surface area is 259 Å². The molecular formula is C32H26BrClFNO5S. The molecule has 5 aromatic rings. The zero-order chi connectivity index (χ0) is 29.8. The topological polar surface area (TPSA) is 66.8 Å². The van der Waals surface area contributed by atoms with Crippen molar-refractivity contribution in [3.05, 3.63) is 98.9 Å². The normalized spacial score (nSPS) is 11.2. The van der Waals surface area contributed by atoms with Crippen LogP contribution in [0.3, 0.4) is 0 Å². The Bertz CT molecular complexity index is 1790. The minimum Gasteiger partial charge on any atom is -0.497 e. The summed E-state index contributed by atoms with van der Waals surface area (Å²) in [6, 6.07) is 19.9. The van der Waals surface area contributed by atoms with E-state index >= 15 is 0 Å². The summed E-state index contributed by atoms with van der Waals surface area (Å²) >= 11 is 11.4. The van der Waals surface area contributed by atoms with Gasteiger partial charge in [-0.15, -0.1) is 11.8 Å². The third-order valence-corrected chi connectivity index (χ3v) is 9.27. The Hall–Kier alpha value is -3.53. The van der Waals surface area contributed by atoms with Crippen molar-refractivity contribution in [1.29, 1.82) is 0 Å². The van der Waals surface area contributed by atoms with E-state index in [2.05, 4.69) is 15.9 Å². The third kappa shape index (κ3) is 6.14. The number of ether oxygens (including phenoxy) is 3. The lowest BCUT2D eigenvalue weighted by molar-refractivity contribution is 0.0586. The van der Waals surface area contributed by atoms with Crippen LogP contribution in [0.5, 0.6) is 11.5 Å². The molecular weight excluding hydrogens is 645 g/mol. The summed E-state index contributed by atoms with van der Waals surface area (Å²) in [7, 11) is 2.91. The molecule has 0 bridgehead atoms. The van der Waals surface area contributed by atoms with Gasteiger partial charge < -0.3 is 18.8 Å². The van der Waals surface area contributed by atoms with E-state index in [4.69, 9.17) is 25.8 Å². The summed E-state index contributed by atoms with van der Waals surface area (Å²) in [4.78, 5) is 25.7. The Morgan fingerprint density at radius 2 is 1.86 bits per heavy atom. The molecule has 0 aliphatic carbocycles. The van der Waals surface area contributed by atoms with Crippen LogP contribution in [0.25, 0.3) is 21.7 Å². The predicted molar refractivity (Wildman–Crippen MR) is 168 cm³/mol. The first-order valence-electron chi connectivity index (χ1n) is 13.0. The van der Waals surface area contributed by atoms with Gasteiger partial charge in [0.2, 0.25) is 0 Å². The van der Waals surface area contributed by atoms with Gasteiger partial charge >= 0.3 is 5.97 Å². The van der Waals surface area contributed by atoms with Crippen molar-refractivity contribution in [1.82, 2.24) is 4.57 Å². The number of aryl methyl sites for hydroxylation is 1. The number of aromatic nitrogens is 1. The molecule has 10 heteroatoms. The first-order chi connectivity index (χ1) is 20.3. The fourth-order valence-corrected chi connectivity index (χ4v) is 6.48. The number of hydrogen-bond donors (Lipinski definition) is 0. The van der Waals surface area contributed by atoms with E-state index in [0.717, 1.165) is 32.7 Å². The number of thioether (sulfide) groups is 1. The quantitative estimate of drug-likeness (QED) is 0.0606. The van der Waals surface area contributed by atoms with Gasteiger partial charge in [0.05, 0.1) is 36.9 Å². The SMILES string of the molecule is COC(=O)c1c(C=O)c2c(Br)c(Cl)ccc2n1CCCOc1cc(SCc2ccc(OC)cc2)cc2cc(F)ccc12. The number of carbonyl (C=O) groups excluding carboxylic acids is 2. The van der Waals surface area contributed by atoms with Gasteiger partial charge in [0.25, 0.3) is 0 Å². The molecule has 5 rings (SSSR count). The highest BCUT2D eigenvalue weighted by molar-refractivity contribution is 9.10. The molecule has 4 aromatic carbocycles. The van der Waals surface area contributed by atoms with E-state index in [-0.39, 0.29) is 17.1 Å². The maximum Gasteiger partial charge on any atom is 0.355 e. The summed E-state index contributed by atoms with van der Waals surface area (Å²) in [6.07, 6.45) is 1.15. The van der Waals surface area contributed by atoms with Gasteiger partial charge in [-0.25, -0.2) is 9.18 Å². The predicted octanol–water partition coefficient (Wildman–Crippen LogP) is 8.72. The van der Waals surface area contributed by atoms with Crippen molar-refractivity contribution >= 4 is 73.2 Å². The number of nitrogens with zero attached hydrogens (tertiary/aromatic N) is 1. The number of fused-ring (bicyclic) bond motifs is 2. The maximum absolute atomic E-state index is 14.1. The first-order valence-corrected chi connectivity index (χ1v) is 15.2. The number of carbonyl (C=O) groups is 2. The molecule has 0 saturated carbocycles. The summed E-state index contributed by atoms with van der Waals surface area (Å²) in [5.41, 5.74) is 2.17. The molecule has 42 heavy (non-hydrogen) atoms. The van der Waals surface area contributed by atoms with E-state index < -0.39 is 5.97 Å². The second-order valence-corrected chi connectivity index (χ2v) is 11.7. The minimum absolute atomic E-state index is 0.156. The van der Waals surface area contributed by atoms with Crippen molar-refractivity contribution < 1.29 is 28.2 Å². The van der Waals surface area contributed by atoms with E-state index in [9.17, 15) is 14.0 Å². The lowest BCUT2D eigenvalue weighted by Crippen LogP contribution is -2.14. The number of esters is 1. The number of aldehydes is 1. The van der Waals surface area contributed by atoms with Gasteiger partial charge in [-0.3, -0.25) is 4.79 Å². The lowest BCUT2D eigenvalue weighted by Gasteiger charge is -2.14. The number of halogens is 3. The Morgan fingerprint density at radius 1 is 1.07 bits per heavy atom. The maximum atomic E-state index is 14.1. The second-order valence-electron chi connectivity index (χ2n) is 9.40. The van der Waals surface area contributed by atoms with Gasteiger partial charge in [-0.1, -0.05) is 23.7 Å². The summed E-state index contributed by atoms with van der Waals surface area (Å²) < 4.78 is 32.9. The highest BCUT2D eigenvalue weighted by Crippen LogP contribution is 2.37. The number of methoxy groups -OCH3 is 2. The molecule has 0 spiro atoms. The molecule has 0 N–H and O–H groups in total. The highest BCUT2D eigenvalue weighted by Gasteiger charge is 2.25. The average Bonchev–Trinajstić information content (AvgIpc) is 3.33. The Balaban J connectivity index is 1.37. The molecule has 0 radical (unpaired) electrons. The van der Waals surface area contributed by atoms with Crippen LogP contribution in [0.4, 0.5) is 4.39 Å². The van der Waals surface area contributed by atoms with Crippen LogP contribution < -0.4 is 9.47 Å². The van der Waals surface area contributed by atoms with Gasteiger partial charge in [-0.05, 0) is 87.9 Å². The van der Waals surface area contributed by atoms with Crippen molar-refractivity contribution in [3.63, 3.8) is 0 Å². The summed E-state index contributed by atoms with van der Waals surface area (Å²) in [6.45, 7) is 0.686. The summed E-state index contributed by atoms with van der Waals surface area (Å²) in [5, 5.41) is 2.52. The lowest BCUT2D eigenvalue weighted by atomic mass is 10.1. The molecule has 1 heterocycles. The fourth-order valence-electron chi connectivity index (χ4n) is 4.84. The summed E-state index contributed by atoms with van der Waals surface area (Å²) in [5.74, 6) is 1.22. The number of benzene rings is 4. The van der Waals surface area contributed by atoms with E-state index in [0.29, 0.717) is 52.0 Å². The van der Waals surface area contributed by atoms with Crippen molar-refractivity contribution in [3.8, 4) is 11.5 Å². The van der Waals surface area contributed by atoms with Crippen LogP contribution in [0.15, 0.2) is 76.1 Å². The molecule has 0 fully saturated rings. The van der Waals surface area contributed by atoms with Crippen molar-refractivity contribution in [2.45, 2.75) is 23.6 Å². The molecule has 0 unspecified atom stereocenters. The van der Waals surface area contributed by atoms with Gasteiger partial charge in [-0.2, -0.15) is 0 Å². The van der Waals surface area contributed by atoms with Gasteiger partial charge in [0.15, 0.2) is 6.29 Å². The minimum atomic E-state index is -0.619. The van der Waals surface area contributed by atoms with Crippen molar-refractivity contribution in [2.24, 2.45) is 0 Å². The molecule has 216 valence electrons. The number of rotatable bonds is 11. The molecule has 0 aliphatic heterocycles. The highest BCUT2D eigenvalue weighted by atomic mass is 79.9. The third-order valence-electron chi connectivity index (χ3n) is 6.85. The molecule has 0 atom stereocenters. The van der Waals surface area contributed by atoms with E-state index in [1.165, 1.54) is 19.2 Å². The van der Waals surface area contributed by atoms with Crippen LogP contribution in [0.2, 0.25) is 5.02 Å². The van der Waals surface area contributed by atoms with E-state index in [1.54, 1.807) is 41.6 Å². The van der Waals surface area contributed by atoms with Crippen LogP contribution in [0.1, 0.15) is 32.8 Å². The first kappa shape index (κ1) is 29.9. The Kier molecular flexibility index (Phi) is 9.40. The Morgan fingerprint density at radius 3 is 2.57 bits per heavy atom. The largest absolute Gasteiger partial charge is 0.497 e. The van der Waals surface area contributed by atoms with E-state index in [1.807, 2.05) is 36.4 Å². The van der Waals surface area contributed by atoms with Crippen LogP contribution >= 0.6 is 39.3 Å². The number of hydrogen-bond acceptors (Lipinski definition) is 6. The zero-order valence-corrected chi connectivity index (χ0v) is 25.9. The molecule has 1 aromatic heterocycles. The smallest absolute Gasteiger partial charge is 0.355 e.